The molecule has 0 aromatic heterocycles. The van der Waals surface area contributed by atoms with Gasteiger partial charge < -0.3 is 9.16 Å². The fourth-order valence-corrected chi connectivity index (χ4v) is 3.53. The summed E-state index contributed by atoms with van der Waals surface area (Å²) in [6.07, 6.45) is 0.169. The van der Waals surface area contributed by atoms with Crippen molar-refractivity contribution in [1.82, 2.24) is 0 Å². The number of carbonyl (C=O) groups excluding carboxylic acids is 1. The molecule has 0 saturated heterocycles. The first-order valence-corrected chi connectivity index (χ1v) is 7.61. The molecule has 0 fully saturated rings. The summed E-state index contributed by atoms with van der Waals surface area (Å²) in [4.78, 5) is 11.1. The molecule has 0 heterocycles. The van der Waals surface area contributed by atoms with Gasteiger partial charge in [0.15, 0.2) is 0 Å². The third-order valence-electron chi connectivity index (χ3n) is 1.73. The second kappa shape index (κ2) is 6.45. The molecule has 0 aliphatic heterocycles. The van der Waals surface area contributed by atoms with Crippen LogP contribution in [0.25, 0.3) is 0 Å². The summed E-state index contributed by atoms with van der Waals surface area (Å²) in [5, 5.41) is 0. The number of esters is 1. The zero-order valence-corrected chi connectivity index (χ0v) is 10.8. The van der Waals surface area contributed by atoms with E-state index in [0.29, 0.717) is 16.6 Å². The third kappa shape index (κ3) is 4.00. The first kappa shape index (κ1) is 14.0. The summed E-state index contributed by atoms with van der Waals surface area (Å²) >= 11 is 11.5. The molecule has 0 unspecified atom stereocenters. The maximum atomic E-state index is 11.1. The number of rotatable bonds is 6. The van der Waals surface area contributed by atoms with Gasteiger partial charge in [0.1, 0.15) is 6.23 Å². The van der Waals surface area contributed by atoms with Crippen LogP contribution in [-0.4, -0.2) is 38.6 Å². The van der Waals surface area contributed by atoms with Gasteiger partial charge in [0, 0.05) is 23.7 Å². The molecule has 0 rings (SSSR count). The SMILES string of the molecule is C=C(C)C(=O)OC[Si](CCl)(CCl)OC. The third-order valence-corrected chi connectivity index (χ3v) is 7.17. The lowest BCUT2D eigenvalue weighted by atomic mass is 10.4. The summed E-state index contributed by atoms with van der Waals surface area (Å²) in [7, 11) is -0.746. The van der Waals surface area contributed by atoms with Crippen LogP contribution in [0.1, 0.15) is 6.92 Å². The fourth-order valence-electron chi connectivity index (χ4n) is 0.601. The van der Waals surface area contributed by atoms with E-state index in [2.05, 4.69) is 6.58 Å². The minimum atomic E-state index is -2.28. The van der Waals surface area contributed by atoms with E-state index in [1.165, 1.54) is 7.11 Å². The van der Waals surface area contributed by atoms with E-state index in [4.69, 9.17) is 32.4 Å². The number of halogens is 2. The molecule has 0 radical (unpaired) electrons. The molecule has 82 valence electrons. The van der Waals surface area contributed by atoms with Gasteiger partial charge in [-0.2, -0.15) is 0 Å². The molecular weight excluding hydrogens is 243 g/mol. The second-order valence-electron chi connectivity index (χ2n) is 3.01. The molecule has 0 aromatic rings. The van der Waals surface area contributed by atoms with Crippen molar-refractivity contribution in [2.45, 2.75) is 6.92 Å². The van der Waals surface area contributed by atoms with Gasteiger partial charge in [-0.25, -0.2) is 4.79 Å². The Morgan fingerprint density at radius 3 is 2.21 bits per heavy atom. The molecule has 14 heavy (non-hydrogen) atoms. The number of alkyl halides is 2. The molecule has 0 atom stereocenters. The quantitative estimate of drug-likeness (QED) is 0.315. The molecule has 0 amide bonds. The zero-order chi connectivity index (χ0) is 11.2. The Morgan fingerprint density at radius 1 is 1.43 bits per heavy atom. The van der Waals surface area contributed by atoms with Crippen LogP contribution in [-0.2, 0) is 14.0 Å². The smallest absolute Gasteiger partial charge is 0.332 e. The molecule has 0 N–H and O–H groups in total. The Hall–Kier alpha value is -0.0331. The summed E-state index contributed by atoms with van der Waals surface area (Å²) in [5.41, 5.74) is 0.959. The van der Waals surface area contributed by atoms with E-state index >= 15 is 0 Å². The lowest BCUT2D eigenvalue weighted by molar-refractivity contribution is -0.137. The maximum Gasteiger partial charge on any atom is 0.332 e. The summed E-state index contributed by atoms with van der Waals surface area (Å²) < 4.78 is 10.2. The van der Waals surface area contributed by atoms with Crippen molar-refractivity contribution in [3.05, 3.63) is 12.2 Å². The topological polar surface area (TPSA) is 35.5 Å². The molecule has 0 aliphatic rings. The number of hydrogen-bond donors (Lipinski definition) is 0. The van der Waals surface area contributed by atoms with Gasteiger partial charge in [0.25, 0.3) is 8.32 Å². The minimum absolute atomic E-state index is 0.169. The van der Waals surface area contributed by atoms with E-state index in [-0.39, 0.29) is 6.23 Å². The highest BCUT2D eigenvalue weighted by Gasteiger charge is 2.34. The van der Waals surface area contributed by atoms with Gasteiger partial charge in [-0.1, -0.05) is 6.58 Å². The van der Waals surface area contributed by atoms with E-state index in [9.17, 15) is 4.79 Å². The lowest BCUT2D eigenvalue weighted by Crippen LogP contribution is -2.48. The molecule has 0 spiro atoms. The summed E-state index contributed by atoms with van der Waals surface area (Å²) in [6, 6.07) is 0. The van der Waals surface area contributed by atoms with Crippen LogP contribution in [0.4, 0.5) is 0 Å². The van der Waals surface area contributed by atoms with Crippen molar-refractivity contribution in [2.75, 3.05) is 24.3 Å². The zero-order valence-electron chi connectivity index (χ0n) is 8.31. The Morgan fingerprint density at radius 2 is 1.93 bits per heavy atom. The van der Waals surface area contributed by atoms with Crippen molar-refractivity contribution in [1.29, 1.82) is 0 Å². The lowest BCUT2D eigenvalue weighted by Gasteiger charge is -2.24. The van der Waals surface area contributed by atoms with Crippen LogP contribution in [0.15, 0.2) is 12.2 Å². The highest BCUT2D eigenvalue weighted by molar-refractivity contribution is 6.84. The van der Waals surface area contributed by atoms with Crippen molar-refractivity contribution in [3.63, 3.8) is 0 Å². The van der Waals surface area contributed by atoms with Crippen LogP contribution < -0.4 is 0 Å². The van der Waals surface area contributed by atoms with E-state index in [1.807, 2.05) is 0 Å². The monoisotopic (exact) mass is 256 g/mol. The van der Waals surface area contributed by atoms with Gasteiger partial charge >= 0.3 is 5.97 Å². The fraction of sp³-hybridized carbons (Fsp3) is 0.625. The van der Waals surface area contributed by atoms with Gasteiger partial charge in [0.2, 0.25) is 0 Å². The van der Waals surface area contributed by atoms with Crippen molar-refractivity contribution in [2.24, 2.45) is 0 Å². The molecule has 0 aliphatic carbocycles. The first-order valence-electron chi connectivity index (χ1n) is 4.01. The predicted octanol–water partition coefficient (Wildman–Crippen LogP) is 1.79. The molecule has 3 nitrogen and oxygen atoms in total. The predicted molar refractivity (Wildman–Crippen MR) is 60.0 cm³/mol. The van der Waals surface area contributed by atoms with E-state index < -0.39 is 14.3 Å². The summed E-state index contributed by atoms with van der Waals surface area (Å²) in [5.74, 6) is -0.436. The Balaban J connectivity index is 4.19. The van der Waals surface area contributed by atoms with Crippen molar-refractivity contribution < 1.29 is 14.0 Å². The van der Waals surface area contributed by atoms with Crippen LogP contribution in [0.5, 0.6) is 0 Å². The van der Waals surface area contributed by atoms with Crippen LogP contribution in [0.2, 0.25) is 0 Å². The van der Waals surface area contributed by atoms with Crippen molar-refractivity contribution in [3.8, 4) is 0 Å². The highest BCUT2D eigenvalue weighted by atomic mass is 35.5. The van der Waals surface area contributed by atoms with Crippen molar-refractivity contribution >= 4 is 37.5 Å². The Kier molecular flexibility index (Phi) is 6.44. The molecule has 0 saturated carbocycles. The highest BCUT2D eigenvalue weighted by Crippen LogP contribution is 2.10. The maximum absolute atomic E-state index is 11.1. The average molecular weight is 257 g/mol. The van der Waals surface area contributed by atoms with Crippen LogP contribution in [0.3, 0.4) is 0 Å². The van der Waals surface area contributed by atoms with Gasteiger partial charge in [0.05, 0.1) is 0 Å². The minimum Gasteiger partial charge on any atom is -0.463 e. The molecule has 6 heteroatoms. The van der Waals surface area contributed by atoms with Crippen LogP contribution in [0, 0.1) is 0 Å². The van der Waals surface area contributed by atoms with Gasteiger partial charge in [-0.05, 0) is 6.92 Å². The number of carbonyl (C=O) groups is 1. The molecular formula is C8H14Cl2O3Si. The second-order valence-corrected chi connectivity index (χ2v) is 8.21. The van der Waals surface area contributed by atoms with Gasteiger partial charge in [-0.15, -0.1) is 23.2 Å². The average Bonchev–Trinajstić information content (AvgIpc) is 2.20. The van der Waals surface area contributed by atoms with E-state index in [0.717, 1.165) is 0 Å². The number of hydrogen-bond acceptors (Lipinski definition) is 3. The Labute approximate surface area is 95.1 Å². The number of ether oxygens (including phenoxy) is 1. The van der Waals surface area contributed by atoms with E-state index in [1.54, 1.807) is 6.92 Å². The van der Waals surface area contributed by atoms with Gasteiger partial charge in [-0.3, -0.25) is 0 Å². The standard InChI is InChI=1S/C8H14Cl2O3Si/c1-7(2)8(11)13-6-14(4-9,5-10)12-3/h1,4-6H2,2-3H3. The summed E-state index contributed by atoms with van der Waals surface area (Å²) in [6.45, 7) is 5.05. The largest absolute Gasteiger partial charge is 0.463 e. The Bertz CT molecular complexity index is 208. The van der Waals surface area contributed by atoms with Crippen LogP contribution >= 0.6 is 23.2 Å². The first-order chi connectivity index (χ1) is 6.51. The molecule has 0 bridgehead atoms. The molecule has 0 aromatic carbocycles. The normalized spacial score (nSPS) is 11.1.